The standard InChI is InChI=1S/C18H21N3O2S/c1-3-23-18(22)16(12-21)17(24-2)15-9-7-5-4-6-8-14(15)13(10-19)11-20/h15H,3-9H2,1-2H3. The summed E-state index contributed by atoms with van der Waals surface area (Å²) < 4.78 is 4.99. The number of carbonyl (C=O) groups is 1. The summed E-state index contributed by atoms with van der Waals surface area (Å²) in [6.07, 6.45) is 7.14. The summed E-state index contributed by atoms with van der Waals surface area (Å²) in [6.45, 7) is 1.89. The number of thioether (sulfide) groups is 1. The lowest BCUT2D eigenvalue weighted by Gasteiger charge is -2.25. The number of rotatable bonds is 4. The number of esters is 1. The van der Waals surface area contributed by atoms with E-state index < -0.39 is 5.97 Å². The molecule has 1 fully saturated rings. The lowest BCUT2D eigenvalue weighted by molar-refractivity contribution is -0.138. The molecule has 0 aromatic heterocycles. The fraction of sp³-hybridized carbons (Fsp3) is 0.556. The van der Waals surface area contributed by atoms with Crippen LogP contribution in [0, 0.1) is 39.9 Å². The van der Waals surface area contributed by atoms with Crippen LogP contribution in [0.2, 0.25) is 0 Å². The van der Waals surface area contributed by atoms with Crippen molar-refractivity contribution in [3.05, 3.63) is 21.6 Å². The Morgan fingerprint density at radius 1 is 1.17 bits per heavy atom. The van der Waals surface area contributed by atoms with Gasteiger partial charge in [0, 0.05) is 10.8 Å². The van der Waals surface area contributed by atoms with Gasteiger partial charge in [-0.25, -0.2) is 4.79 Å². The van der Waals surface area contributed by atoms with Gasteiger partial charge in [-0.3, -0.25) is 0 Å². The summed E-state index contributed by atoms with van der Waals surface area (Å²) in [7, 11) is 0. The van der Waals surface area contributed by atoms with Crippen LogP contribution in [-0.2, 0) is 9.53 Å². The van der Waals surface area contributed by atoms with Crippen molar-refractivity contribution in [3.8, 4) is 18.2 Å². The summed E-state index contributed by atoms with van der Waals surface area (Å²) in [4.78, 5) is 12.7. The summed E-state index contributed by atoms with van der Waals surface area (Å²) in [5.41, 5.74) is 0.846. The lowest BCUT2D eigenvalue weighted by Crippen LogP contribution is -2.16. The summed E-state index contributed by atoms with van der Waals surface area (Å²) in [6, 6.07) is 5.92. The van der Waals surface area contributed by atoms with Gasteiger partial charge in [0.2, 0.25) is 0 Å². The summed E-state index contributed by atoms with van der Waals surface area (Å²) in [5.74, 6) is -0.880. The van der Waals surface area contributed by atoms with E-state index in [1.54, 1.807) is 13.2 Å². The molecular weight excluding hydrogens is 322 g/mol. The molecule has 0 N–H and O–H groups in total. The van der Waals surface area contributed by atoms with Gasteiger partial charge in [-0.15, -0.1) is 11.8 Å². The van der Waals surface area contributed by atoms with Gasteiger partial charge in [0.1, 0.15) is 29.4 Å². The van der Waals surface area contributed by atoms with E-state index in [9.17, 15) is 20.6 Å². The molecule has 1 saturated carbocycles. The predicted molar refractivity (Wildman–Crippen MR) is 92.2 cm³/mol. The van der Waals surface area contributed by atoms with Crippen LogP contribution in [0.1, 0.15) is 45.4 Å². The van der Waals surface area contributed by atoms with Crippen molar-refractivity contribution in [2.75, 3.05) is 12.9 Å². The highest BCUT2D eigenvalue weighted by atomic mass is 32.2. The van der Waals surface area contributed by atoms with Crippen molar-refractivity contribution in [2.24, 2.45) is 5.92 Å². The second-order valence-corrected chi connectivity index (χ2v) is 6.25. The maximum Gasteiger partial charge on any atom is 0.349 e. The Balaban J connectivity index is 3.49. The Morgan fingerprint density at radius 2 is 1.83 bits per heavy atom. The Kier molecular flexibility index (Phi) is 8.69. The van der Waals surface area contributed by atoms with Gasteiger partial charge >= 0.3 is 5.97 Å². The fourth-order valence-electron chi connectivity index (χ4n) is 2.95. The number of ether oxygens (including phenoxy) is 1. The number of hydrogen-bond donors (Lipinski definition) is 0. The van der Waals surface area contributed by atoms with Gasteiger partial charge in [-0.05, 0) is 38.0 Å². The van der Waals surface area contributed by atoms with Gasteiger partial charge in [-0.2, -0.15) is 15.8 Å². The van der Waals surface area contributed by atoms with Crippen LogP contribution in [-0.4, -0.2) is 18.8 Å². The van der Waals surface area contributed by atoms with Gasteiger partial charge in [0.05, 0.1) is 6.61 Å². The van der Waals surface area contributed by atoms with Crippen molar-refractivity contribution < 1.29 is 9.53 Å². The Morgan fingerprint density at radius 3 is 2.38 bits per heavy atom. The van der Waals surface area contributed by atoms with Crippen LogP contribution in [0.3, 0.4) is 0 Å². The predicted octanol–water partition coefficient (Wildman–Crippen LogP) is 4.00. The van der Waals surface area contributed by atoms with Crippen LogP contribution in [0.15, 0.2) is 21.6 Å². The molecule has 5 nitrogen and oxygen atoms in total. The molecule has 0 heterocycles. The Labute approximate surface area is 147 Å². The largest absolute Gasteiger partial charge is 0.462 e. The van der Waals surface area contributed by atoms with Crippen LogP contribution < -0.4 is 0 Å². The van der Waals surface area contributed by atoms with Crippen molar-refractivity contribution in [2.45, 2.75) is 45.4 Å². The van der Waals surface area contributed by atoms with E-state index in [0.29, 0.717) is 11.3 Å². The first-order valence-electron chi connectivity index (χ1n) is 8.03. The topological polar surface area (TPSA) is 97.7 Å². The van der Waals surface area contributed by atoms with E-state index >= 15 is 0 Å². The minimum Gasteiger partial charge on any atom is -0.462 e. The molecule has 1 atom stereocenters. The van der Waals surface area contributed by atoms with Crippen LogP contribution in [0.25, 0.3) is 0 Å². The quantitative estimate of drug-likeness (QED) is 0.434. The molecule has 24 heavy (non-hydrogen) atoms. The number of allylic oxidation sites excluding steroid dienone is 3. The first-order chi connectivity index (χ1) is 11.6. The average molecular weight is 343 g/mol. The molecule has 6 heteroatoms. The molecule has 0 radical (unpaired) electrons. The monoisotopic (exact) mass is 343 g/mol. The molecule has 126 valence electrons. The van der Waals surface area contributed by atoms with E-state index in [1.807, 2.05) is 18.2 Å². The van der Waals surface area contributed by atoms with E-state index in [-0.39, 0.29) is 23.7 Å². The molecule has 0 bridgehead atoms. The van der Waals surface area contributed by atoms with E-state index in [0.717, 1.165) is 37.7 Å². The third-order valence-electron chi connectivity index (χ3n) is 4.03. The number of nitriles is 3. The number of nitrogens with zero attached hydrogens (tertiary/aromatic N) is 3. The molecule has 0 aliphatic heterocycles. The molecule has 0 saturated heterocycles. The maximum absolute atomic E-state index is 12.1. The van der Waals surface area contributed by atoms with Crippen LogP contribution in [0.4, 0.5) is 0 Å². The zero-order valence-electron chi connectivity index (χ0n) is 14.1. The van der Waals surface area contributed by atoms with Crippen molar-refractivity contribution >= 4 is 17.7 Å². The average Bonchev–Trinajstić information content (AvgIpc) is 2.56. The lowest BCUT2D eigenvalue weighted by atomic mass is 9.82. The minimum atomic E-state index is -0.638. The first kappa shape index (κ1) is 19.8. The van der Waals surface area contributed by atoms with Crippen LogP contribution >= 0.6 is 11.8 Å². The van der Waals surface area contributed by atoms with Crippen molar-refractivity contribution in [3.63, 3.8) is 0 Å². The van der Waals surface area contributed by atoms with E-state index in [2.05, 4.69) is 0 Å². The Hall–Kier alpha value is -2.23. The van der Waals surface area contributed by atoms with Crippen molar-refractivity contribution in [1.29, 1.82) is 15.8 Å². The number of hydrogen-bond acceptors (Lipinski definition) is 6. The van der Waals surface area contributed by atoms with Gasteiger partial charge < -0.3 is 4.74 Å². The molecule has 1 aliphatic carbocycles. The second-order valence-electron chi connectivity index (χ2n) is 5.40. The molecule has 0 aromatic carbocycles. The highest BCUT2D eigenvalue weighted by Crippen LogP contribution is 2.40. The first-order valence-corrected chi connectivity index (χ1v) is 9.25. The van der Waals surface area contributed by atoms with Gasteiger partial charge in [0.25, 0.3) is 0 Å². The fourth-order valence-corrected chi connectivity index (χ4v) is 3.82. The molecule has 1 unspecified atom stereocenters. The molecule has 0 spiro atoms. The molecule has 1 aliphatic rings. The highest BCUT2D eigenvalue weighted by Gasteiger charge is 2.28. The zero-order valence-corrected chi connectivity index (χ0v) is 14.9. The van der Waals surface area contributed by atoms with E-state index in [1.165, 1.54) is 11.8 Å². The molecule has 0 amide bonds. The SMILES string of the molecule is CCOC(=O)C(C#N)=C(SC)C1CCCCCCC1=C(C#N)C#N. The van der Waals surface area contributed by atoms with Gasteiger partial charge in [0.15, 0.2) is 0 Å². The minimum absolute atomic E-state index is 0.0114. The summed E-state index contributed by atoms with van der Waals surface area (Å²) in [5, 5.41) is 28.0. The van der Waals surface area contributed by atoms with Gasteiger partial charge in [-0.1, -0.05) is 19.3 Å². The zero-order chi connectivity index (χ0) is 17.9. The third kappa shape index (κ3) is 4.88. The second kappa shape index (κ2) is 10.5. The normalized spacial score (nSPS) is 18.8. The highest BCUT2D eigenvalue weighted by molar-refractivity contribution is 8.02. The summed E-state index contributed by atoms with van der Waals surface area (Å²) >= 11 is 1.32. The molecule has 1 rings (SSSR count). The Bertz CT molecular complexity index is 643. The molecular formula is C18H21N3O2S. The third-order valence-corrected chi connectivity index (χ3v) is 4.96. The molecule has 0 aromatic rings. The van der Waals surface area contributed by atoms with Crippen molar-refractivity contribution in [1.82, 2.24) is 0 Å². The number of carbonyl (C=O) groups excluding carboxylic acids is 1. The maximum atomic E-state index is 12.1. The van der Waals surface area contributed by atoms with Crippen LogP contribution in [0.5, 0.6) is 0 Å². The smallest absolute Gasteiger partial charge is 0.349 e. The van der Waals surface area contributed by atoms with E-state index in [4.69, 9.17) is 4.74 Å².